The Kier molecular flexibility index (Phi) is 6.40. The van der Waals surface area contributed by atoms with Gasteiger partial charge in [0.1, 0.15) is 0 Å². The summed E-state index contributed by atoms with van der Waals surface area (Å²) in [7, 11) is 0. The van der Waals surface area contributed by atoms with Crippen LogP contribution < -0.4 is 14.8 Å². The van der Waals surface area contributed by atoms with E-state index in [1.807, 2.05) is 25.1 Å². The minimum atomic E-state index is 0.523. The molecule has 0 aliphatic carbocycles. The Hall–Kier alpha value is -1.29. The van der Waals surface area contributed by atoms with Crippen LogP contribution in [-0.2, 0) is 0 Å². The molecule has 0 atom stereocenters. The molecular weight excluding hydrogens is 216 g/mol. The van der Waals surface area contributed by atoms with Crippen molar-refractivity contribution in [1.82, 2.24) is 10.3 Å². The van der Waals surface area contributed by atoms with Gasteiger partial charge < -0.3 is 14.8 Å². The normalized spacial score (nSPS) is 10.6. The molecule has 0 spiro atoms. The van der Waals surface area contributed by atoms with Crippen molar-refractivity contribution < 1.29 is 9.47 Å². The summed E-state index contributed by atoms with van der Waals surface area (Å²) in [5.74, 6) is 1.24. The monoisotopic (exact) mass is 238 g/mol. The Morgan fingerprint density at radius 1 is 1.24 bits per heavy atom. The SMILES string of the molecule is CCOc1cccc(OCCCNC(C)C)n1. The number of ether oxygens (including phenoxy) is 2. The summed E-state index contributed by atoms with van der Waals surface area (Å²) in [6, 6.07) is 6.09. The maximum absolute atomic E-state index is 5.54. The van der Waals surface area contributed by atoms with Crippen LogP contribution in [0.2, 0.25) is 0 Å². The van der Waals surface area contributed by atoms with Crippen molar-refractivity contribution in [1.29, 1.82) is 0 Å². The predicted molar refractivity (Wildman–Crippen MR) is 68.7 cm³/mol. The van der Waals surface area contributed by atoms with Gasteiger partial charge in [-0.1, -0.05) is 19.9 Å². The lowest BCUT2D eigenvalue weighted by atomic mass is 10.3. The smallest absolute Gasteiger partial charge is 0.216 e. The predicted octanol–water partition coefficient (Wildman–Crippen LogP) is 2.25. The van der Waals surface area contributed by atoms with Gasteiger partial charge in [-0.05, 0) is 19.9 Å². The number of rotatable bonds is 8. The second kappa shape index (κ2) is 7.90. The fraction of sp³-hybridized carbons (Fsp3) is 0.615. The van der Waals surface area contributed by atoms with E-state index in [4.69, 9.17) is 9.47 Å². The number of hydrogen-bond acceptors (Lipinski definition) is 4. The summed E-state index contributed by atoms with van der Waals surface area (Å²) in [6.07, 6.45) is 0.971. The van der Waals surface area contributed by atoms with Gasteiger partial charge in [0.2, 0.25) is 11.8 Å². The van der Waals surface area contributed by atoms with E-state index < -0.39 is 0 Å². The third kappa shape index (κ3) is 6.12. The number of aromatic nitrogens is 1. The molecule has 0 aliphatic rings. The first-order valence-electron chi connectivity index (χ1n) is 6.18. The van der Waals surface area contributed by atoms with Gasteiger partial charge in [-0.15, -0.1) is 0 Å². The molecule has 1 rings (SSSR count). The standard InChI is InChI=1S/C13H22N2O2/c1-4-16-12-7-5-8-13(15-12)17-10-6-9-14-11(2)3/h5,7-8,11,14H,4,6,9-10H2,1-3H3. The molecule has 1 heterocycles. The van der Waals surface area contributed by atoms with E-state index in [-0.39, 0.29) is 0 Å². The van der Waals surface area contributed by atoms with Gasteiger partial charge in [0.25, 0.3) is 0 Å². The van der Waals surface area contributed by atoms with Gasteiger partial charge in [0.15, 0.2) is 0 Å². The van der Waals surface area contributed by atoms with Gasteiger partial charge in [0.05, 0.1) is 13.2 Å². The molecule has 1 N–H and O–H groups in total. The first-order valence-corrected chi connectivity index (χ1v) is 6.18. The van der Waals surface area contributed by atoms with Crippen LogP contribution in [0.3, 0.4) is 0 Å². The fourth-order valence-electron chi connectivity index (χ4n) is 1.34. The second-order valence-corrected chi connectivity index (χ2v) is 4.06. The molecule has 0 radical (unpaired) electrons. The zero-order valence-corrected chi connectivity index (χ0v) is 10.9. The highest BCUT2D eigenvalue weighted by molar-refractivity contribution is 5.19. The first kappa shape index (κ1) is 13.8. The Morgan fingerprint density at radius 2 is 1.94 bits per heavy atom. The van der Waals surface area contributed by atoms with Crippen LogP contribution in [0.1, 0.15) is 27.2 Å². The Labute approximate surface area is 103 Å². The topological polar surface area (TPSA) is 43.4 Å². The summed E-state index contributed by atoms with van der Waals surface area (Å²) in [4.78, 5) is 4.23. The highest BCUT2D eigenvalue weighted by Crippen LogP contribution is 2.13. The van der Waals surface area contributed by atoms with Gasteiger partial charge in [-0.25, -0.2) is 0 Å². The minimum absolute atomic E-state index is 0.523. The lowest BCUT2D eigenvalue weighted by molar-refractivity contribution is 0.281. The average molecular weight is 238 g/mol. The molecule has 0 aromatic carbocycles. The molecule has 96 valence electrons. The van der Waals surface area contributed by atoms with Gasteiger partial charge in [-0.3, -0.25) is 0 Å². The largest absolute Gasteiger partial charge is 0.478 e. The van der Waals surface area contributed by atoms with Crippen LogP contribution in [0.15, 0.2) is 18.2 Å². The highest BCUT2D eigenvalue weighted by Gasteiger charge is 1.99. The Balaban J connectivity index is 2.24. The molecule has 0 bridgehead atoms. The maximum atomic E-state index is 5.54. The molecule has 17 heavy (non-hydrogen) atoms. The molecule has 0 aliphatic heterocycles. The lowest BCUT2D eigenvalue weighted by Gasteiger charge is -2.09. The van der Waals surface area contributed by atoms with Gasteiger partial charge >= 0.3 is 0 Å². The Morgan fingerprint density at radius 3 is 2.59 bits per heavy atom. The van der Waals surface area contributed by atoms with Crippen LogP contribution in [0.5, 0.6) is 11.8 Å². The molecule has 0 unspecified atom stereocenters. The van der Waals surface area contributed by atoms with E-state index in [0.29, 0.717) is 31.0 Å². The van der Waals surface area contributed by atoms with Crippen molar-refractivity contribution in [3.8, 4) is 11.8 Å². The van der Waals surface area contributed by atoms with Crippen LogP contribution in [0.25, 0.3) is 0 Å². The fourth-order valence-corrected chi connectivity index (χ4v) is 1.34. The van der Waals surface area contributed by atoms with Crippen LogP contribution >= 0.6 is 0 Å². The molecule has 0 saturated carbocycles. The van der Waals surface area contributed by atoms with Crippen molar-refractivity contribution in [3.63, 3.8) is 0 Å². The van der Waals surface area contributed by atoms with E-state index in [0.717, 1.165) is 13.0 Å². The lowest BCUT2D eigenvalue weighted by Crippen LogP contribution is -2.24. The quantitative estimate of drug-likeness (QED) is 0.705. The van der Waals surface area contributed by atoms with Gasteiger partial charge in [0, 0.05) is 18.2 Å². The van der Waals surface area contributed by atoms with Crippen molar-refractivity contribution in [2.75, 3.05) is 19.8 Å². The molecule has 0 amide bonds. The number of hydrogen-bond donors (Lipinski definition) is 1. The summed E-state index contributed by atoms with van der Waals surface area (Å²) in [6.45, 7) is 8.45. The molecule has 0 fully saturated rings. The number of nitrogens with zero attached hydrogens (tertiary/aromatic N) is 1. The maximum Gasteiger partial charge on any atom is 0.216 e. The van der Waals surface area contributed by atoms with E-state index in [1.165, 1.54) is 0 Å². The van der Waals surface area contributed by atoms with E-state index in [1.54, 1.807) is 0 Å². The van der Waals surface area contributed by atoms with Crippen molar-refractivity contribution >= 4 is 0 Å². The molecule has 1 aromatic heterocycles. The third-order valence-electron chi connectivity index (χ3n) is 2.11. The van der Waals surface area contributed by atoms with Crippen molar-refractivity contribution in [2.45, 2.75) is 33.2 Å². The van der Waals surface area contributed by atoms with E-state index in [9.17, 15) is 0 Å². The molecule has 0 saturated heterocycles. The van der Waals surface area contributed by atoms with Crippen molar-refractivity contribution in [2.24, 2.45) is 0 Å². The molecule has 1 aromatic rings. The first-order chi connectivity index (χ1) is 8.22. The highest BCUT2D eigenvalue weighted by atomic mass is 16.5. The zero-order valence-electron chi connectivity index (χ0n) is 10.9. The molecule has 4 nitrogen and oxygen atoms in total. The number of nitrogens with one attached hydrogen (secondary N) is 1. The summed E-state index contributed by atoms with van der Waals surface area (Å²) >= 11 is 0. The van der Waals surface area contributed by atoms with Crippen LogP contribution in [-0.4, -0.2) is 30.8 Å². The van der Waals surface area contributed by atoms with Crippen LogP contribution in [0.4, 0.5) is 0 Å². The summed E-state index contributed by atoms with van der Waals surface area (Å²) in [5, 5.41) is 3.34. The van der Waals surface area contributed by atoms with E-state index >= 15 is 0 Å². The average Bonchev–Trinajstić information content (AvgIpc) is 2.29. The summed E-state index contributed by atoms with van der Waals surface area (Å²) < 4.78 is 10.8. The zero-order chi connectivity index (χ0) is 12.5. The minimum Gasteiger partial charge on any atom is -0.478 e. The second-order valence-electron chi connectivity index (χ2n) is 4.06. The Bertz CT molecular complexity index is 316. The van der Waals surface area contributed by atoms with Crippen molar-refractivity contribution in [3.05, 3.63) is 18.2 Å². The van der Waals surface area contributed by atoms with E-state index in [2.05, 4.69) is 24.1 Å². The molecular formula is C13H22N2O2. The number of pyridine rings is 1. The molecule has 4 heteroatoms. The third-order valence-corrected chi connectivity index (χ3v) is 2.11. The van der Waals surface area contributed by atoms with Gasteiger partial charge in [-0.2, -0.15) is 4.98 Å². The summed E-state index contributed by atoms with van der Waals surface area (Å²) in [5.41, 5.74) is 0. The van der Waals surface area contributed by atoms with Crippen LogP contribution in [0, 0.1) is 0 Å².